The third-order valence-electron chi connectivity index (χ3n) is 3.43. The first-order valence-electron chi connectivity index (χ1n) is 6.84. The van der Waals surface area contributed by atoms with Gasteiger partial charge in [0.2, 0.25) is 0 Å². The molecule has 3 nitrogen and oxygen atoms in total. The highest BCUT2D eigenvalue weighted by molar-refractivity contribution is 9.10. The maximum Gasteiger partial charge on any atom is 0.129 e. The van der Waals surface area contributed by atoms with Crippen molar-refractivity contribution >= 4 is 32.9 Å². The summed E-state index contributed by atoms with van der Waals surface area (Å²) in [6.07, 6.45) is 1.42. The Balaban J connectivity index is 1.92. The van der Waals surface area contributed by atoms with Gasteiger partial charge in [-0.1, -0.05) is 63.6 Å². The highest BCUT2D eigenvalue weighted by Gasteiger charge is 2.07. The summed E-state index contributed by atoms with van der Waals surface area (Å²) in [5.41, 5.74) is 1.85. The van der Waals surface area contributed by atoms with E-state index in [1.54, 1.807) is 0 Å². The molecular formula is C18H14BrNO2. The zero-order valence-corrected chi connectivity index (χ0v) is 13.3. The SMILES string of the molecule is O/N=C\c1c(OCc2ccc(Br)cc2)ccc2ccccc12. The van der Waals surface area contributed by atoms with Crippen LogP contribution in [0.4, 0.5) is 0 Å². The maximum atomic E-state index is 8.93. The summed E-state index contributed by atoms with van der Waals surface area (Å²) in [6.45, 7) is 0.456. The van der Waals surface area contributed by atoms with Gasteiger partial charge in [-0.2, -0.15) is 0 Å². The molecule has 0 saturated heterocycles. The minimum absolute atomic E-state index is 0.456. The Morgan fingerprint density at radius 3 is 2.55 bits per heavy atom. The van der Waals surface area contributed by atoms with Gasteiger partial charge in [0.05, 0.1) is 6.21 Å². The van der Waals surface area contributed by atoms with Crippen LogP contribution in [0.25, 0.3) is 10.8 Å². The van der Waals surface area contributed by atoms with Crippen molar-refractivity contribution in [3.8, 4) is 5.75 Å². The van der Waals surface area contributed by atoms with Crippen LogP contribution in [-0.4, -0.2) is 11.4 Å². The Kier molecular flexibility index (Phi) is 4.39. The summed E-state index contributed by atoms with van der Waals surface area (Å²) >= 11 is 3.41. The van der Waals surface area contributed by atoms with Crippen LogP contribution in [0.15, 0.2) is 70.3 Å². The molecule has 0 saturated carbocycles. The van der Waals surface area contributed by atoms with Crippen molar-refractivity contribution in [2.75, 3.05) is 0 Å². The fourth-order valence-corrected chi connectivity index (χ4v) is 2.60. The normalized spacial score (nSPS) is 11.1. The van der Waals surface area contributed by atoms with Crippen molar-refractivity contribution in [1.29, 1.82) is 0 Å². The molecule has 0 aliphatic carbocycles. The predicted molar refractivity (Wildman–Crippen MR) is 91.8 cm³/mol. The van der Waals surface area contributed by atoms with Crippen molar-refractivity contribution in [2.24, 2.45) is 5.16 Å². The van der Waals surface area contributed by atoms with E-state index in [0.29, 0.717) is 12.4 Å². The van der Waals surface area contributed by atoms with Crippen molar-refractivity contribution in [3.63, 3.8) is 0 Å². The van der Waals surface area contributed by atoms with Crippen molar-refractivity contribution in [3.05, 3.63) is 76.3 Å². The molecule has 1 N–H and O–H groups in total. The standard InChI is InChI=1S/C18H14BrNO2/c19-15-8-5-13(6-9-15)12-22-18-10-7-14-3-1-2-4-16(14)17(18)11-20-21/h1-11,21H,12H2/b20-11-. The number of benzene rings is 3. The first-order chi connectivity index (χ1) is 10.8. The Labute approximate surface area is 137 Å². The van der Waals surface area contributed by atoms with E-state index in [0.717, 1.165) is 26.4 Å². The lowest BCUT2D eigenvalue weighted by molar-refractivity contribution is 0.304. The van der Waals surface area contributed by atoms with E-state index in [9.17, 15) is 0 Å². The molecule has 4 heteroatoms. The monoisotopic (exact) mass is 355 g/mol. The van der Waals surface area contributed by atoms with E-state index in [1.165, 1.54) is 6.21 Å². The van der Waals surface area contributed by atoms with E-state index < -0.39 is 0 Å². The fourth-order valence-electron chi connectivity index (χ4n) is 2.33. The molecule has 0 atom stereocenters. The number of fused-ring (bicyclic) bond motifs is 1. The van der Waals surface area contributed by atoms with Crippen LogP contribution < -0.4 is 4.74 Å². The van der Waals surface area contributed by atoms with E-state index in [1.807, 2.05) is 60.7 Å². The fraction of sp³-hybridized carbons (Fsp3) is 0.0556. The number of halogens is 1. The summed E-state index contributed by atoms with van der Waals surface area (Å²) < 4.78 is 6.94. The quantitative estimate of drug-likeness (QED) is 0.407. The van der Waals surface area contributed by atoms with E-state index in [2.05, 4.69) is 21.1 Å². The minimum atomic E-state index is 0.456. The van der Waals surface area contributed by atoms with Crippen LogP contribution in [0, 0.1) is 0 Å². The predicted octanol–water partition coefficient (Wildman–Crippen LogP) is 4.99. The zero-order valence-electron chi connectivity index (χ0n) is 11.7. The molecule has 0 aromatic heterocycles. The van der Waals surface area contributed by atoms with Gasteiger partial charge in [0.25, 0.3) is 0 Å². The Hall–Kier alpha value is -2.33. The number of hydrogen-bond acceptors (Lipinski definition) is 3. The van der Waals surface area contributed by atoms with E-state index >= 15 is 0 Å². The second-order valence-corrected chi connectivity index (χ2v) is 5.77. The van der Waals surface area contributed by atoms with Crippen LogP contribution in [-0.2, 0) is 6.61 Å². The lowest BCUT2D eigenvalue weighted by atomic mass is 10.0. The molecule has 0 spiro atoms. The molecule has 0 radical (unpaired) electrons. The van der Waals surface area contributed by atoms with Gasteiger partial charge in [-0.3, -0.25) is 0 Å². The molecule has 110 valence electrons. The van der Waals surface area contributed by atoms with Gasteiger partial charge in [-0.05, 0) is 34.5 Å². The number of rotatable bonds is 4. The lowest BCUT2D eigenvalue weighted by Crippen LogP contribution is -1.99. The molecule has 0 unspecified atom stereocenters. The maximum absolute atomic E-state index is 8.93. The van der Waals surface area contributed by atoms with E-state index in [4.69, 9.17) is 9.94 Å². The second kappa shape index (κ2) is 6.62. The van der Waals surface area contributed by atoms with Crippen LogP contribution in [0.5, 0.6) is 5.75 Å². The smallest absolute Gasteiger partial charge is 0.129 e. The molecule has 0 bridgehead atoms. The summed E-state index contributed by atoms with van der Waals surface area (Å²) in [5.74, 6) is 0.694. The second-order valence-electron chi connectivity index (χ2n) is 4.86. The molecule has 3 aromatic rings. The van der Waals surface area contributed by atoms with Gasteiger partial charge in [-0.25, -0.2) is 0 Å². The van der Waals surface area contributed by atoms with Gasteiger partial charge >= 0.3 is 0 Å². The third kappa shape index (κ3) is 3.12. The minimum Gasteiger partial charge on any atom is -0.488 e. The molecule has 0 amide bonds. The Morgan fingerprint density at radius 1 is 1.00 bits per heavy atom. The highest BCUT2D eigenvalue weighted by Crippen LogP contribution is 2.27. The van der Waals surface area contributed by atoms with Crippen molar-refractivity contribution < 1.29 is 9.94 Å². The van der Waals surface area contributed by atoms with Gasteiger partial charge in [0, 0.05) is 10.0 Å². The summed E-state index contributed by atoms with van der Waals surface area (Å²) in [4.78, 5) is 0. The van der Waals surface area contributed by atoms with Crippen molar-refractivity contribution in [2.45, 2.75) is 6.61 Å². The first kappa shape index (κ1) is 14.6. The molecule has 0 fully saturated rings. The van der Waals surface area contributed by atoms with Crippen LogP contribution in [0.3, 0.4) is 0 Å². The molecule has 0 aliphatic rings. The largest absolute Gasteiger partial charge is 0.488 e. The zero-order chi connectivity index (χ0) is 15.4. The summed E-state index contributed by atoms with van der Waals surface area (Å²) in [6, 6.07) is 19.8. The number of hydrogen-bond donors (Lipinski definition) is 1. The summed E-state index contributed by atoms with van der Waals surface area (Å²) in [5, 5.41) is 14.2. The number of nitrogens with zero attached hydrogens (tertiary/aromatic N) is 1. The summed E-state index contributed by atoms with van der Waals surface area (Å²) in [7, 11) is 0. The molecule has 3 rings (SSSR count). The Bertz CT molecular complexity index is 813. The van der Waals surface area contributed by atoms with E-state index in [-0.39, 0.29) is 0 Å². The molecule has 22 heavy (non-hydrogen) atoms. The van der Waals surface area contributed by atoms with Gasteiger partial charge in [0.15, 0.2) is 0 Å². The third-order valence-corrected chi connectivity index (χ3v) is 3.95. The van der Waals surface area contributed by atoms with Gasteiger partial charge in [-0.15, -0.1) is 0 Å². The van der Waals surface area contributed by atoms with Crippen LogP contribution >= 0.6 is 15.9 Å². The topological polar surface area (TPSA) is 41.8 Å². The van der Waals surface area contributed by atoms with Gasteiger partial charge < -0.3 is 9.94 Å². The van der Waals surface area contributed by atoms with Crippen LogP contribution in [0.1, 0.15) is 11.1 Å². The molecule has 0 aliphatic heterocycles. The molecule has 3 aromatic carbocycles. The number of oxime groups is 1. The first-order valence-corrected chi connectivity index (χ1v) is 7.63. The molecular weight excluding hydrogens is 342 g/mol. The Morgan fingerprint density at radius 2 is 1.77 bits per heavy atom. The average Bonchev–Trinajstić information content (AvgIpc) is 2.56. The average molecular weight is 356 g/mol. The highest BCUT2D eigenvalue weighted by atomic mass is 79.9. The van der Waals surface area contributed by atoms with Gasteiger partial charge in [0.1, 0.15) is 12.4 Å². The number of ether oxygens (including phenoxy) is 1. The lowest BCUT2D eigenvalue weighted by Gasteiger charge is -2.11. The van der Waals surface area contributed by atoms with Crippen molar-refractivity contribution in [1.82, 2.24) is 0 Å². The van der Waals surface area contributed by atoms with Crippen LogP contribution in [0.2, 0.25) is 0 Å². The molecule has 0 heterocycles.